The average Bonchev–Trinajstić information content (AvgIpc) is 2.92. The lowest BCUT2D eigenvalue weighted by Crippen LogP contribution is -2.47. The topological polar surface area (TPSA) is 80.5 Å². The van der Waals surface area contributed by atoms with Crippen molar-refractivity contribution in [2.45, 2.75) is 32.2 Å². The molecule has 5 atom stereocenters. The molecular formula is C12H16N2O3. The van der Waals surface area contributed by atoms with Crippen LogP contribution in [0.4, 0.5) is 0 Å². The normalized spacial score (nSPS) is 40.9. The van der Waals surface area contributed by atoms with Crippen molar-refractivity contribution in [3.63, 3.8) is 0 Å². The van der Waals surface area contributed by atoms with Gasteiger partial charge in [0.15, 0.2) is 0 Å². The van der Waals surface area contributed by atoms with Crippen molar-refractivity contribution < 1.29 is 14.4 Å². The van der Waals surface area contributed by atoms with Gasteiger partial charge in [-0.15, -0.1) is 0 Å². The predicted molar refractivity (Wildman–Crippen MR) is 58.3 cm³/mol. The lowest BCUT2D eigenvalue weighted by atomic mass is 9.81. The van der Waals surface area contributed by atoms with Crippen LogP contribution in [0.15, 0.2) is 0 Å². The summed E-state index contributed by atoms with van der Waals surface area (Å²) >= 11 is 0. The number of imide groups is 1. The first-order valence-electron chi connectivity index (χ1n) is 6.18. The minimum absolute atomic E-state index is 0.164. The van der Waals surface area contributed by atoms with Crippen LogP contribution in [-0.2, 0) is 14.4 Å². The zero-order valence-corrected chi connectivity index (χ0v) is 9.76. The molecule has 1 aliphatic heterocycles. The third-order valence-electron chi connectivity index (χ3n) is 4.76. The van der Waals surface area contributed by atoms with Crippen LogP contribution in [0.25, 0.3) is 0 Å². The van der Waals surface area contributed by atoms with Crippen molar-refractivity contribution in [3.05, 3.63) is 0 Å². The Balaban J connectivity index is 1.93. The summed E-state index contributed by atoms with van der Waals surface area (Å²) in [6, 6.07) is -0.806. The van der Waals surface area contributed by atoms with Crippen molar-refractivity contribution in [2.75, 3.05) is 0 Å². The number of amides is 3. The molecule has 3 fully saturated rings. The number of hydrogen-bond acceptors (Lipinski definition) is 3. The van der Waals surface area contributed by atoms with Gasteiger partial charge in [-0.2, -0.15) is 0 Å². The van der Waals surface area contributed by atoms with Crippen LogP contribution in [0.2, 0.25) is 0 Å². The third-order valence-corrected chi connectivity index (χ3v) is 4.76. The van der Waals surface area contributed by atoms with Gasteiger partial charge in [-0.25, -0.2) is 0 Å². The molecule has 3 amide bonds. The summed E-state index contributed by atoms with van der Waals surface area (Å²) in [5, 5.41) is 0. The van der Waals surface area contributed by atoms with E-state index in [-0.39, 0.29) is 23.7 Å². The molecule has 3 aliphatic rings. The molecule has 2 saturated carbocycles. The summed E-state index contributed by atoms with van der Waals surface area (Å²) in [4.78, 5) is 36.7. The predicted octanol–water partition coefficient (Wildman–Crippen LogP) is -0.109. The molecule has 1 heterocycles. The summed E-state index contributed by atoms with van der Waals surface area (Å²) in [5.41, 5.74) is 5.19. The monoisotopic (exact) mass is 236 g/mol. The van der Waals surface area contributed by atoms with Gasteiger partial charge >= 0.3 is 0 Å². The summed E-state index contributed by atoms with van der Waals surface area (Å²) < 4.78 is 0. The molecule has 0 aromatic heterocycles. The van der Waals surface area contributed by atoms with E-state index in [4.69, 9.17) is 5.73 Å². The molecular weight excluding hydrogens is 220 g/mol. The van der Waals surface area contributed by atoms with E-state index in [9.17, 15) is 14.4 Å². The van der Waals surface area contributed by atoms with E-state index in [1.54, 1.807) is 0 Å². The number of nitrogens with two attached hydrogens (primary N) is 1. The van der Waals surface area contributed by atoms with E-state index in [1.165, 1.54) is 6.92 Å². The maximum Gasteiger partial charge on any atom is 0.240 e. The summed E-state index contributed by atoms with van der Waals surface area (Å²) in [7, 11) is 0. The maximum absolute atomic E-state index is 12.2. The smallest absolute Gasteiger partial charge is 0.240 e. The first-order chi connectivity index (χ1) is 8.02. The van der Waals surface area contributed by atoms with Crippen LogP contribution in [-0.4, -0.2) is 28.7 Å². The van der Waals surface area contributed by atoms with E-state index in [1.807, 2.05) is 0 Å². The Bertz CT molecular complexity index is 392. The molecule has 0 spiro atoms. The number of carbonyl (C=O) groups excluding carboxylic acids is 3. The zero-order valence-electron chi connectivity index (χ0n) is 9.76. The van der Waals surface area contributed by atoms with Gasteiger partial charge in [-0.3, -0.25) is 19.3 Å². The highest BCUT2D eigenvalue weighted by Gasteiger charge is 2.61. The first kappa shape index (κ1) is 10.7. The van der Waals surface area contributed by atoms with E-state index >= 15 is 0 Å². The van der Waals surface area contributed by atoms with Gasteiger partial charge in [0.1, 0.15) is 6.04 Å². The number of likely N-dealkylation sites (tertiary alicyclic amines) is 1. The number of fused-ring (bicyclic) bond motifs is 5. The van der Waals surface area contributed by atoms with Crippen molar-refractivity contribution in [2.24, 2.45) is 29.4 Å². The molecule has 5 heteroatoms. The van der Waals surface area contributed by atoms with Gasteiger partial charge in [0.25, 0.3) is 0 Å². The molecule has 2 bridgehead atoms. The molecule has 0 aromatic rings. The van der Waals surface area contributed by atoms with Gasteiger partial charge in [-0.1, -0.05) is 0 Å². The molecule has 5 nitrogen and oxygen atoms in total. The largest absolute Gasteiger partial charge is 0.368 e. The highest BCUT2D eigenvalue weighted by molar-refractivity contribution is 6.08. The molecule has 5 unspecified atom stereocenters. The average molecular weight is 236 g/mol. The van der Waals surface area contributed by atoms with E-state index in [0.29, 0.717) is 11.8 Å². The van der Waals surface area contributed by atoms with Gasteiger partial charge < -0.3 is 5.73 Å². The molecule has 92 valence electrons. The van der Waals surface area contributed by atoms with Gasteiger partial charge in [-0.05, 0) is 38.0 Å². The van der Waals surface area contributed by atoms with Crippen molar-refractivity contribution in [1.82, 2.24) is 4.90 Å². The lowest BCUT2D eigenvalue weighted by molar-refractivity contribution is -0.147. The molecule has 2 aliphatic carbocycles. The number of rotatable bonds is 2. The fourth-order valence-corrected chi connectivity index (χ4v) is 3.94. The van der Waals surface area contributed by atoms with Crippen molar-refractivity contribution in [3.8, 4) is 0 Å². The van der Waals surface area contributed by atoms with Crippen LogP contribution in [0, 0.1) is 23.7 Å². The molecule has 2 N–H and O–H groups in total. The van der Waals surface area contributed by atoms with E-state index in [2.05, 4.69) is 0 Å². The van der Waals surface area contributed by atoms with Gasteiger partial charge in [0, 0.05) is 0 Å². The molecule has 3 rings (SSSR count). The number of primary amides is 1. The second-order valence-corrected chi connectivity index (χ2v) is 5.51. The van der Waals surface area contributed by atoms with E-state index < -0.39 is 11.9 Å². The standard InChI is InChI=1S/C12H16N2O3/c1-5(10(13)15)14-11(16)8-6-2-3-7(4-6)9(8)12(14)17/h5-9H,2-4H2,1H3,(H2,13,15). The highest BCUT2D eigenvalue weighted by Crippen LogP contribution is 2.56. The molecule has 0 aromatic carbocycles. The Kier molecular flexibility index (Phi) is 2.09. The van der Waals surface area contributed by atoms with Crippen LogP contribution >= 0.6 is 0 Å². The minimum atomic E-state index is -0.806. The Morgan fingerprint density at radius 3 is 2.12 bits per heavy atom. The number of hydrogen-bond donors (Lipinski definition) is 1. The van der Waals surface area contributed by atoms with Gasteiger partial charge in [0.2, 0.25) is 17.7 Å². The van der Waals surface area contributed by atoms with E-state index in [0.717, 1.165) is 24.2 Å². The third kappa shape index (κ3) is 1.22. The second kappa shape index (κ2) is 3.31. The first-order valence-corrected chi connectivity index (χ1v) is 6.18. The summed E-state index contributed by atoms with van der Waals surface area (Å²) in [6.07, 6.45) is 3.10. The second-order valence-electron chi connectivity index (χ2n) is 5.51. The number of carbonyl (C=O) groups is 3. The Labute approximate surface area is 99.3 Å². The van der Waals surface area contributed by atoms with Gasteiger partial charge in [0.05, 0.1) is 11.8 Å². The van der Waals surface area contributed by atoms with Crippen molar-refractivity contribution >= 4 is 17.7 Å². The quantitative estimate of drug-likeness (QED) is 0.679. The Morgan fingerprint density at radius 2 is 1.71 bits per heavy atom. The Morgan fingerprint density at radius 1 is 1.24 bits per heavy atom. The highest BCUT2D eigenvalue weighted by atomic mass is 16.2. The van der Waals surface area contributed by atoms with Crippen LogP contribution < -0.4 is 5.73 Å². The molecule has 0 radical (unpaired) electrons. The zero-order chi connectivity index (χ0) is 12.3. The maximum atomic E-state index is 12.2. The summed E-state index contributed by atoms with van der Waals surface area (Å²) in [5.74, 6) is -0.569. The summed E-state index contributed by atoms with van der Waals surface area (Å²) in [6.45, 7) is 1.53. The fourth-order valence-electron chi connectivity index (χ4n) is 3.94. The SMILES string of the molecule is CC(C(N)=O)N1C(=O)C2C3CCC(C3)C2C1=O. The lowest BCUT2D eigenvalue weighted by Gasteiger charge is -2.21. The number of nitrogens with zero attached hydrogens (tertiary/aromatic N) is 1. The minimum Gasteiger partial charge on any atom is -0.368 e. The van der Waals surface area contributed by atoms with Crippen LogP contribution in [0.1, 0.15) is 26.2 Å². The van der Waals surface area contributed by atoms with Crippen LogP contribution in [0.3, 0.4) is 0 Å². The Hall–Kier alpha value is -1.39. The fraction of sp³-hybridized carbons (Fsp3) is 0.750. The van der Waals surface area contributed by atoms with Crippen LogP contribution in [0.5, 0.6) is 0 Å². The molecule has 17 heavy (non-hydrogen) atoms. The van der Waals surface area contributed by atoms with Crippen molar-refractivity contribution in [1.29, 1.82) is 0 Å². The molecule has 1 saturated heterocycles.